The number of ether oxygens (including phenoxy) is 1. The van der Waals surface area contributed by atoms with Crippen LogP contribution in [0.15, 0.2) is 29.2 Å². The van der Waals surface area contributed by atoms with Crippen molar-refractivity contribution in [2.75, 3.05) is 38.0 Å². The van der Waals surface area contributed by atoms with Gasteiger partial charge in [-0.3, -0.25) is 9.69 Å². The van der Waals surface area contributed by atoms with Gasteiger partial charge in [-0.25, -0.2) is 8.42 Å². The Kier molecular flexibility index (Phi) is 8.42. The highest BCUT2D eigenvalue weighted by Crippen LogP contribution is 2.22. The number of sulfonamides is 1. The van der Waals surface area contributed by atoms with Gasteiger partial charge in [0.2, 0.25) is 15.9 Å². The molecule has 28 heavy (non-hydrogen) atoms. The van der Waals surface area contributed by atoms with Crippen molar-refractivity contribution in [3.05, 3.63) is 24.3 Å². The molecule has 1 saturated heterocycles. The molecule has 0 radical (unpaired) electrons. The van der Waals surface area contributed by atoms with Crippen LogP contribution in [-0.2, 0) is 19.6 Å². The Morgan fingerprint density at radius 2 is 1.64 bits per heavy atom. The minimum atomic E-state index is -3.57. The molecule has 0 bridgehead atoms. The molecular weight excluding hydrogens is 378 g/mol. The SMILES string of the molecule is CCCN(CCC)CC(=O)Nc1ccc(S(=O)(=O)N2C[C@H](C)O[C@@H](C)C2)cc1. The van der Waals surface area contributed by atoms with Gasteiger partial charge in [-0.2, -0.15) is 4.31 Å². The maximum atomic E-state index is 12.9. The first-order valence-electron chi connectivity index (χ1n) is 10.0. The smallest absolute Gasteiger partial charge is 0.243 e. The Bertz CT molecular complexity index is 720. The van der Waals surface area contributed by atoms with Crippen LogP contribution in [-0.4, -0.2) is 68.5 Å². The number of hydrogen-bond acceptors (Lipinski definition) is 5. The highest BCUT2D eigenvalue weighted by Gasteiger charge is 2.32. The number of carbonyl (C=O) groups excluding carboxylic acids is 1. The van der Waals surface area contributed by atoms with Crippen LogP contribution in [0.5, 0.6) is 0 Å². The Morgan fingerprint density at radius 1 is 1.11 bits per heavy atom. The predicted molar refractivity (Wildman–Crippen MR) is 111 cm³/mol. The molecule has 8 heteroatoms. The molecule has 0 saturated carbocycles. The maximum absolute atomic E-state index is 12.9. The molecule has 1 heterocycles. The molecule has 0 unspecified atom stereocenters. The summed E-state index contributed by atoms with van der Waals surface area (Å²) in [4.78, 5) is 14.6. The standard InChI is InChI=1S/C20H33N3O4S/c1-5-11-22(12-6-2)15-20(24)21-18-7-9-19(10-8-18)28(25,26)23-13-16(3)27-17(4)14-23/h7-10,16-17H,5-6,11-15H2,1-4H3,(H,21,24)/t16-,17-/m0/s1. The average molecular weight is 412 g/mol. The lowest BCUT2D eigenvalue weighted by Crippen LogP contribution is -2.48. The van der Waals surface area contributed by atoms with E-state index in [1.807, 2.05) is 13.8 Å². The van der Waals surface area contributed by atoms with Crippen LogP contribution in [0.25, 0.3) is 0 Å². The quantitative estimate of drug-likeness (QED) is 0.676. The van der Waals surface area contributed by atoms with Gasteiger partial charge in [0.05, 0.1) is 23.6 Å². The summed E-state index contributed by atoms with van der Waals surface area (Å²) < 4.78 is 32.8. The third-order valence-electron chi connectivity index (χ3n) is 4.61. The van der Waals surface area contributed by atoms with Crippen molar-refractivity contribution in [2.45, 2.75) is 57.6 Å². The van der Waals surface area contributed by atoms with Crippen LogP contribution in [0.1, 0.15) is 40.5 Å². The van der Waals surface area contributed by atoms with Crippen LogP contribution >= 0.6 is 0 Å². The first-order chi connectivity index (χ1) is 13.3. The van der Waals surface area contributed by atoms with Crippen LogP contribution < -0.4 is 5.32 Å². The number of nitrogens with zero attached hydrogens (tertiary/aromatic N) is 2. The number of anilines is 1. The van der Waals surface area contributed by atoms with Crippen LogP contribution in [0.4, 0.5) is 5.69 Å². The second-order valence-electron chi connectivity index (χ2n) is 7.43. The van der Waals surface area contributed by atoms with Crippen LogP contribution in [0.3, 0.4) is 0 Å². The van der Waals surface area contributed by atoms with Crippen LogP contribution in [0, 0.1) is 0 Å². The van der Waals surface area contributed by atoms with Crippen molar-refractivity contribution < 1.29 is 17.9 Å². The zero-order valence-electron chi connectivity index (χ0n) is 17.3. The second kappa shape index (κ2) is 10.3. The number of rotatable bonds is 9. The van der Waals surface area contributed by atoms with Gasteiger partial charge in [0.25, 0.3) is 0 Å². The van der Waals surface area contributed by atoms with E-state index >= 15 is 0 Å². The molecule has 1 amide bonds. The van der Waals surface area contributed by atoms with Crippen molar-refractivity contribution in [2.24, 2.45) is 0 Å². The summed E-state index contributed by atoms with van der Waals surface area (Å²) in [6, 6.07) is 6.38. The molecule has 7 nitrogen and oxygen atoms in total. The molecule has 158 valence electrons. The van der Waals surface area contributed by atoms with Crippen molar-refractivity contribution in [3.63, 3.8) is 0 Å². The van der Waals surface area contributed by atoms with E-state index in [1.54, 1.807) is 24.3 Å². The number of benzene rings is 1. The summed E-state index contributed by atoms with van der Waals surface area (Å²) in [6.45, 7) is 10.7. The molecular formula is C20H33N3O4S. The van der Waals surface area contributed by atoms with E-state index in [9.17, 15) is 13.2 Å². The van der Waals surface area contributed by atoms with E-state index in [-0.39, 0.29) is 23.0 Å². The number of morpholine rings is 1. The lowest BCUT2D eigenvalue weighted by molar-refractivity contribution is -0.117. The number of carbonyl (C=O) groups is 1. The molecule has 2 atom stereocenters. The summed E-state index contributed by atoms with van der Waals surface area (Å²) in [5.41, 5.74) is 0.598. The molecule has 1 aromatic carbocycles. The topological polar surface area (TPSA) is 79.0 Å². The highest BCUT2D eigenvalue weighted by molar-refractivity contribution is 7.89. The Balaban J connectivity index is 2.01. The van der Waals surface area contributed by atoms with Gasteiger partial charge in [-0.1, -0.05) is 13.8 Å². The van der Waals surface area contributed by atoms with Crippen molar-refractivity contribution in [1.82, 2.24) is 9.21 Å². The third-order valence-corrected chi connectivity index (χ3v) is 6.45. The van der Waals surface area contributed by atoms with Gasteiger partial charge < -0.3 is 10.1 Å². The molecule has 1 fully saturated rings. The molecule has 0 aliphatic carbocycles. The zero-order chi connectivity index (χ0) is 20.7. The van der Waals surface area contributed by atoms with E-state index < -0.39 is 10.0 Å². The van der Waals surface area contributed by atoms with E-state index in [4.69, 9.17) is 4.74 Å². The van der Waals surface area contributed by atoms with Crippen molar-refractivity contribution >= 4 is 21.6 Å². The molecule has 1 aromatic rings. The lowest BCUT2D eigenvalue weighted by Gasteiger charge is -2.34. The molecule has 2 rings (SSSR count). The van der Waals surface area contributed by atoms with E-state index in [1.165, 1.54) is 4.31 Å². The molecule has 1 aliphatic rings. The summed E-state index contributed by atoms with van der Waals surface area (Å²) in [6.07, 6.45) is 1.73. The van der Waals surface area contributed by atoms with Gasteiger partial charge in [0.1, 0.15) is 0 Å². The minimum Gasteiger partial charge on any atom is -0.373 e. The van der Waals surface area contributed by atoms with Gasteiger partial charge >= 0.3 is 0 Å². The third kappa shape index (κ3) is 6.27. The number of amides is 1. The normalized spacial score (nSPS) is 21.0. The summed E-state index contributed by atoms with van der Waals surface area (Å²) >= 11 is 0. The summed E-state index contributed by atoms with van der Waals surface area (Å²) in [5.74, 6) is -0.0895. The van der Waals surface area contributed by atoms with Gasteiger partial charge in [0.15, 0.2) is 0 Å². The van der Waals surface area contributed by atoms with Crippen molar-refractivity contribution in [3.8, 4) is 0 Å². The Labute approximate surface area is 169 Å². The Hall–Kier alpha value is -1.48. The molecule has 1 aliphatic heterocycles. The lowest BCUT2D eigenvalue weighted by atomic mass is 10.3. The number of hydrogen-bond donors (Lipinski definition) is 1. The van der Waals surface area contributed by atoms with Gasteiger partial charge in [0, 0.05) is 18.8 Å². The fraction of sp³-hybridized carbons (Fsp3) is 0.650. The average Bonchev–Trinajstić information content (AvgIpc) is 2.61. The molecule has 0 aromatic heterocycles. The van der Waals surface area contributed by atoms with Crippen LogP contribution in [0.2, 0.25) is 0 Å². The summed E-state index contributed by atoms with van der Waals surface area (Å²) in [7, 11) is -3.57. The second-order valence-corrected chi connectivity index (χ2v) is 9.37. The first kappa shape index (κ1) is 22.8. The molecule has 0 spiro atoms. The van der Waals surface area contributed by atoms with Crippen molar-refractivity contribution in [1.29, 1.82) is 0 Å². The predicted octanol–water partition coefficient (Wildman–Crippen LogP) is 2.55. The van der Waals surface area contributed by atoms with Gasteiger partial charge in [-0.15, -0.1) is 0 Å². The number of nitrogens with one attached hydrogen (secondary N) is 1. The van der Waals surface area contributed by atoms with Gasteiger partial charge in [-0.05, 0) is 64.0 Å². The van der Waals surface area contributed by atoms with E-state index in [2.05, 4.69) is 24.1 Å². The largest absolute Gasteiger partial charge is 0.373 e. The zero-order valence-corrected chi connectivity index (χ0v) is 18.2. The molecule has 1 N–H and O–H groups in total. The summed E-state index contributed by atoms with van der Waals surface area (Å²) in [5, 5.41) is 2.85. The fourth-order valence-corrected chi connectivity index (χ4v) is 5.08. The maximum Gasteiger partial charge on any atom is 0.243 e. The minimum absolute atomic E-state index is 0.0895. The Morgan fingerprint density at radius 3 is 2.14 bits per heavy atom. The van der Waals surface area contributed by atoms with E-state index in [0.29, 0.717) is 25.3 Å². The highest BCUT2D eigenvalue weighted by atomic mass is 32.2. The monoisotopic (exact) mass is 411 g/mol. The fourth-order valence-electron chi connectivity index (χ4n) is 3.49. The van der Waals surface area contributed by atoms with E-state index in [0.717, 1.165) is 25.9 Å². The first-order valence-corrected chi connectivity index (χ1v) is 11.5.